The highest BCUT2D eigenvalue weighted by molar-refractivity contribution is 5.78. The van der Waals surface area contributed by atoms with Crippen molar-refractivity contribution in [3.8, 4) is 0 Å². The molecule has 0 heterocycles. The van der Waals surface area contributed by atoms with Crippen LogP contribution >= 0.6 is 0 Å². The van der Waals surface area contributed by atoms with Crippen LogP contribution in [0.3, 0.4) is 0 Å². The number of nitrogens with one attached hydrogen (secondary N) is 1. The molecular weight excluding hydrogens is 232 g/mol. The minimum absolute atomic E-state index is 1.00. The summed E-state index contributed by atoms with van der Waals surface area (Å²) in [6.07, 6.45) is 6.75. The summed E-state index contributed by atoms with van der Waals surface area (Å²) in [5.74, 6) is 0. The van der Waals surface area contributed by atoms with E-state index in [1.165, 1.54) is 11.1 Å². The van der Waals surface area contributed by atoms with Gasteiger partial charge in [-0.05, 0) is 35.8 Å². The number of anilines is 1. The van der Waals surface area contributed by atoms with E-state index in [1.807, 2.05) is 42.5 Å². The number of rotatable bonds is 5. The molecule has 2 aromatic rings. The van der Waals surface area contributed by atoms with Gasteiger partial charge < -0.3 is 0 Å². The number of aryl methyl sites for hydroxylation is 1. The van der Waals surface area contributed by atoms with Crippen molar-refractivity contribution in [2.45, 2.75) is 13.3 Å². The van der Waals surface area contributed by atoms with Crippen molar-refractivity contribution in [2.24, 2.45) is 5.10 Å². The Morgan fingerprint density at radius 3 is 2.42 bits per heavy atom. The van der Waals surface area contributed by atoms with E-state index in [0.717, 1.165) is 12.1 Å². The molecule has 2 rings (SSSR count). The van der Waals surface area contributed by atoms with Gasteiger partial charge in [-0.3, -0.25) is 5.43 Å². The van der Waals surface area contributed by atoms with Gasteiger partial charge in [0.05, 0.1) is 5.69 Å². The summed E-state index contributed by atoms with van der Waals surface area (Å²) >= 11 is 0. The summed E-state index contributed by atoms with van der Waals surface area (Å²) in [4.78, 5) is 0. The van der Waals surface area contributed by atoms with Crippen molar-refractivity contribution in [3.63, 3.8) is 0 Å². The van der Waals surface area contributed by atoms with E-state index in [9.17, 15) is 0 Å². The Morgan fingerprint density at radius 1 is 1.00 bits per heavy atom. The maximum Gasteiger partial charge on any atom is 0.0561 e. The zero-order valence-electron chi connectivity index (χ0n) is 11.1. The molecule has 0 amide bonds. The lowest BCUT2D eigenvalue weighted by atomic mass is 10.2. The minimum Gasteiger partial charge on any atom is -0.279 e. The molecule has 0 saturated carbocycles. The van der Waals surface area contributed by atoms with E-state index in [-0.39, 0.29) is 0 Å². The van der Waals surface area contributed by atoms with E-state index >= 15 is 0 Å². The smallest absolute Gasteiger partial charge is 0.0561 e. The van der Waals surface area contributed by atoms with Gasteiger partial charge in [-0.25, -0.2) is 0 Å². The Morgan fingerprint density at radius 2 is 1.74 bits per heavy atom. The first kappa shape index (κ1) is 13.1. The molecule has 2 nitrogen and oxygen atoms in total. The summed E-state index contributed by atoms with van der Waals surface area (Å²) in [5, 5.41) is 4.15. The lowest BCUT2D eigenvalue weighted by Crippen LogP contribution is -1.88. The number of allylic oxidation sites excluding steroid dienone is 1. The van der Waals surface area contributed by atoms with Crippen LogP contribution in [0.1, 0.15) is 18.1 Å². The minimum atomic E-state index is 1.00. The molecule has 0 aliphatic rings. The van der Waals surface area contributed by atoms with Gasteiger partial charge in [0.15, 0.2) is 0 Å². The van der Waals surface area contributed by atoms with Crippen LogP contribution in [0.15, 0.2) is 65.8 Å². The molecule has 0 saturated heterocycles. The van der Waals surface area contributed by atoms with Crippen molar-refractivity contribution in [2.75, 3.05) is 5.43 Å². The van der Waals surface area contributed by atoms with Crippen molar-refractivity contribution < 1.29 is 0 Å². The first-order valence-electron chi connectivity index (χ1n) is 6.48. The van der Waals surface area contributed by atoms with Crippen LogP contribution in [-0.4, -0.2) is 6.21 Å². The largest absolute Gasteiger partial charge is 0.279 e. The van der Waals surface area contributed by atoms with Gasteiger partial charge in [-0.1, -0.05) is 55.5 Å². The molecule has 2 aromatic carbocycles. The third kappa shape index (κ3) is 4.43. The number of hydrogen-bond acceptors (Lipinski definition) is 2. The van der Waals surface area contributed by atoms with Crippen molar-refractivity contribution in [1.82, 2.24) is 0 Å². The van der Waals surface area contributed by atoms with Crippen LogP contribution in [0.4, 0.5) is 5.69 Å². The summed E-state index contributed by atoms with van der Waals surface area (Å²) < 4.78 is 0. The topological polar surface area (TPSA) is 24.4 Å². The summed E-state index contributed by atoms with van der Waals surface area (Å²) in [6, 6.07) is 18.5. The normalized spacial score (nSPS) is 11.2. The number of benzene rings is 2. The third-order valence-electron chi connectivity index (χ3n) is 2.80. The van der Waals surface area contributed by atoms with Gasteiger partial charge in [0.1, 0.15) is 0 Å². The van der Waals surface area contributed by atoms with Gasteiger partial charge in [-0.15, -0.1) is 0 Å². The summed E-state index contributed by atoms with van der Waals surface area (Å²) in [5.41, 5.74) is 6.50. The second-order valence-corrected chi connectivity index (χ2v) is 4.21. The molecule has 0 spiro atoms. The second-order valence-electron chi connectivity index (χ2n) is 4.21. The van der Waals surface area contributed by atoms with Crippen LogP contribution in [0, 0.1) is 0 Å². The lowest BCUT2D eigenvalue weighted by molar-refractivity contribution is 1.14. The third-order valence-corrected chi connectivity index (χ3v) is 2.80. The van der Waals surface area contributed by atoms with Crippen LogP contribution < -0.4 is 5.43 Å². The Balaban J connectivity index is 1.84. The van der Waals surface area contributed by atoms with Gasteiger partial charge in [0.25, 0.3) is 0 Å². The fourth-order valence-corrected chi connectivity index (χ4v) is 1.69. The SMILES string of the molecule is CCc1ccc(N/N=C\C=C\c2ccccc2)cc1. The maximum atomic E-state index is 4.15. The molecule has 1 N–H and O–H groups in total. The Hall–Kier alpha value is -2.35. The monoisotopic (exact) mass is 250 g/mol. The highest BCUT2D eigenvalue weighted by atomic mass is 15.3. The zero-order chi connectivity index (χ0) is 13.3. The van der Waals surface area contributed by atoms with Crippen LogP contribution in [0.5, 0.6) is 0 Å². The molecule has 2 heteroatoms. The molecule has 0 radical (unpaired) electrons. The first-order valence-corrected chi connectivity index (χ1v) is 6.48. The van der Waals surface area contributed by atoms with Crippen molar-refractivity contribution in [3.05, 3.63) is 71.8 Å². The lowest BCUT2D eigenvalue weighted by Gasteiger charge is -2.00. The van der Waals surface area contributed by atoms with E-state index in [4.69, 9.17) is 0 Å². The standard InChI is InChI=1S/C17H18N2/c1-2-15-10-12-17(13-11-15)19-18-14-6-9-16-7-4-3-5-8-16/h3-14,19H,2H2,1H3/b9-6+,18-14-. The van der Waals surface area contributed by atoms with Crippen molar-refractivity contribution in [1.29, 1.82) is 0 Å². The summed E-state index contributed by atoms with van der Waals surface area (Å²) in [6.45, 7) is 2.15. The molecule has 0 fully saturated rings. The highest BCUT2D eigenvalue weighted by Crippen LogP contribution is 2.09. The number of nitrogens with zero attached hydrogens (tertiary/aromatic N) is 1. The first-order chi connectivity index (χ1) is 9.38. The molecule has 19 heavy (non-hydrogen) atoms. The zero-order valence-corrected chi connectivity index (χ0v) is 11.1. The van der Waals surface area contributed by atoms with E-state index in [2.05, 4.69) is 41.7 Å². The predicted octanol–water partition coefficient (Wildman–Crippen LogP) is 4.36. The van der Waals surface area contributed by atoms with E-state index in [1.54, 1.807) is 6.21 Å². The fourth-order valence-electron chi connectivity index (χ4n) is 1.69. The maximum absolute atomic E-state index is 4.15. The van der Waals surface area contributed by atoms with E-state index < -0.39 is 0 Å². The highest BCUT2D eigenvalue weighted by Gasteiger charge is 1.89. The van der Waals surface area contributed by atoms with Crippen LogP contribution in [0.25, 0.3) is 6.08 Å². The number of hydrazone groups is 1. The molecule has 0 atom stereocenters. The molecule has 0 unspecified atom stereocenters. The molecule has 0 bridgehead atoms. The Bertz CT molecular complexity index is 539. The molecular formula is C17H18N2. The second kappa shape index (κ2) is 7.17. The van der Waals surface area contributed by atoms with Gasteiger partial charge >= 0.3 is 0 Å². The molecule has 0 aliphatic carbocycles. The van der Waals surface area contributed by atoms with Gasteiger partial charge in [-0.2, -0.15) is 5.10 Å². The Kier molecular flexibility index (Phi) is 4.94. The van der Waals surface area contributed by atoms with Crippen molar-refractivity contribution >= 4 is 18.0 Å². The molecule has 0 aromatic heterocycles. The molecule has 96 valence electrons. The average molecular weight is 250 g/mol. The van der Waals surface area contributed by atoms with Crippen LogP contribution in [-0.2, 0) is 6.42 Å². The Labute approximate surface area is 114 Å². The quantitative estimate of drug-likeness (QED) is 0.619. The predicted molar refractivity (Wildman–Crippen MR) is 83.4 cm³/mol. The summed E-state index contributed by atoms with van der Waals surface area (Å²) in [7, 11) is 0. The molecule has 0 aliphatic heterocycles. The average Bonchev–Trinajstić information content (AvgIpc) is 2.49. The fraction of sp³-hybridized carbons (Fsp3) is 0.118. The van der Waals surface area contributed by atoms with Gasteiger partial charge in [0.2, 0.25) is 0 Å². The van der Waals surface area contributed by atoms with Crippen LogP contribution in [0.2, 0.25) is 0 Å². The number of hydrogen-bond donors (Lipinski definition) is 1. The van der Waals surface area contributed by atoms with Gasteiger partial charge in [0, 0.05) is 6.21 Å². The van der Waals surface area contributed by atoms with E-state index in [0.29, 0.717) is 0 Å².